The normalized spacial score (nSPS) is 19.8. The van der Waals surface area contributed by atoms with Gasteiger partial charge in [0, 0.05) is 32.1 Å². The second-order valence-corrected chi connectivity index (χ2v) is 7.44. The van der Waals surface area contributed by atoms with Crippen molar-refractivity contribution in [2.24, 2.45) is 5.92 Å². The second-order valence-electron chi connectivity index (χ2n) is 7.44. The van der Waals surface area contributed by atoms with Crippen LogP contribution in [-0.2, 0) is 19.5 Å². The molecule has 0 amide bonds. The number of nitrogens with zero attached hydrogens (tertiary/aromatic N) is 4. The summed E-state index contributed by atoms with van der Waals surface area (Å²) in [4.78, 5) is 4.95. The zero-order valence-corrected chi connectivity index (χ0v) is 16.0. The minimum absolute atomic E-state index is 0.179. The molecule has 0 N–H and O–H groups in total. The zero-order chi connectivity index (χ0) is 18.5. The van der Waals surface area contributed by atoms with Gasteiger partial charge in [0.1, 0.15) is 5.82 Å². The quantitative estimate of drug-likeness (QED) is 0.789. The van der Waals surface area contributed by atoms with Crippen LogP contribution in [0.5, 0.6) is 0 Å². The number of rotatable bonds is 6. The van der Waals surface area contributed by atoms with Crippen molar-refractivity contribution in [2.75, 3.05) is 19.6 Å². The lowest BCUT2D eigenvalue weighted by Gasteiger charge is -2.34. The predicted molar refractivity (Wildman–Crippen MR) is 99.0 cm³/mol. The Morgan fingerprint density at radius 1 is 1.12 bits per heavy atom. The Kier molecular flexibility index (Phi) is 6.38. The van der Waals surface area contributed by atoms with E-state index in [9.17, 15) is 4.39 Å². The van der Waals surface area contributed by atoms with Gasteiger partial charge in [-0.1, -0.05) is 32.9 Å². The first kappa shape index (κ1) is 19.0. The van der Waals surface area contributed by atoms with E-state index >= 15 is 0 Å². The zero-order valence-electron chi connectivity index (χ0n) is 16.0. The topological polar surface area (TPSA) is 45.4 Å². The van der Waals surface area contributed by atoms with Crippen molar-refractivity contribution in [1.82, 2.24) is 20.0 Å². The van der Waals surface area contributed by atoms with Crippen LogP contribution in [0, 0.1) is 11.7 Å². The fourth-order valence-electron chi connectivity index (χ4n) is 3.62. The first-order chi connectivity index (χ1) is 12.5. The van der Waals surface area contributed by atoms with Gasteiger partial charge in [-0.05, 0) is 36.6 Å². The van der Waals surface area contributed by atoms with Gasteiger partial charge in [0.15, 0.2) is 0 Å². The van der Waals surface area contributed by atoms with Gasteiger partial charge in [-0.15, -0.1) is 10.2 Å². The third kappa shape index (κ3) is 4.89. The van der Waals surface area contributed by atoms with E-state index in [1.165, 1.54) is 0 Å². The summed E-state index contributed by atoms with van der Waals surface area (Å²) in [6.07, 6.45) is 1.87. The van der Waals surface area contributed by atoms with Gasteiger partial charge in [-0.2, -0.15) is 0 Å². The average Bonchev–Trinajstić information content (AvgIpc) is 2.98. The van der Waals surface area contributed by atoms with Gasteiger partial charge < -0.3 is 4.42 Å². The summed E-state index contributed by atoms with van der Waals surface area (Å²) < 4.78 is 18.9. The van der Waals surface area contributed by atoms with Crippen molar-refractivity contribution in [3.63, 3.8) is 0 Å². The monoisotopic (exact) mass is 360 g/mol. The Hall–Kier alpha value is -1.79. The van der Waals surface area contributed by atoms with E-state index in [0.717, 1.165) is 44.6 Å². The fourth-order valence-corrected chi connectivity index (χ4v) is 3.62. The maximum Gasteiger partial charge on any atom is 0.230 e. The van der Waals surface area contributed by atoms with Gasteiger partial charge in [-0.25, -0.2) is 4.39 Å². The predicted octanol–water partition coefficient (Wildman–Crippen LogP) is 3.50. The van der Waals surface area contributed by atoms with Crippen LogP contribution in [-0.4, -0.2) is 45.7 Å². The van der Waals surface area contributed by atoms with E-state index in [2.05, 4.69) is 33.8 Å². The van der Waals surface area contributed by atoms with Crippen LogP contribution in [0.1, 0.15) is 44.5 Å². The highest BCUT2D eigenvalue weighted by molar-refractivity contribution is 5.16. The molecule has 0 spiro atoms. The van der Waals surface area contributed by atoms with Gasteiger partial charge in [0.25, 0.3) is 0 Å². The highest BCUT2D eigenvalue weighted by Crippen LogP contribution is 2.21. The molecule has 26 heavy (non-hydrogen) atoms. The summed E-state index contributed by atoms with van der Waals surface area (Å²) in [5.41, 5.74) is 1.16. The Balaban J connectivity index is 1.67. The van der Waals surface area contributed by atoms with Crippen molar-refractivity contribution in [3.8, 4) is 0 Å². The largest absolute Gasteiger partial charge is 0.424 e. The molecule has 6 heteroatoms. The molecule has 0 radical (unpaired) electrons. The summed E-state index contributed by atoms with van der Waals surface area (Å²) in [7, 11) is 0. The third-order valence-corrected chi connectivity index (χ3v) is 5.07. The molecular formula is C20H29FN4O. The summed E-state index contributed by atoms with van der Waals surface area (Å²) in [5.74, 6) is 1.76. The van der Waals surface area contributed by atoms with Crippen molar-refractivity contribution in [2.45, 2.75) is 52.7 Å². The molecule has 1 aromatic heterocycles. The number of hydrogen-bond donors (Lipinski definition) is 0. The first-order valence-corrected chi connectivity index (χ1v) is 9.57. The minimum Gasteiger partial charge on any atom is -0.424 e. The summed E-state index contributed by atoms with van der Waals surface area (Å²) in [6.45, 7) is 11.2. The van der Waals surface area contributed by atoms with Gasteiger partial charge in [0.05, 0.1) is 6.54 Å². The number of aryl methyl sites for hydroxylation is 1. The van der Waals surface area contributed by atoms with E-state index in [1.54, 1.807) is 12.1 Å². The molecule has 5 nitrogen and oxygen atoms in total. The van der Waals surface area contributed by atoms with Crippen LogP contribution < -0.4 is 0 Å². The van der Waals surface area contributed by atoms with Crippen molar-refractivity contribution < 1.29 is 8.81 Å². The number of halogens is 1. The SMILES string of the molecule is CCc1nnc(CN2CCCN(Cc3ccc(F)cc3)[C@@H](C(C)C)C2)o1. The summed E-state index contributed by atoms with van der Waals surface area (Å²) in [5, 5.41) is 8.24. The van der Waals surface area contributed by atoms with Crippen LogP contribution in [0.4, 0.5) is 4.39 Å². The molecule has 1 atom stereocenters. The number of aromatic nitrogens is 2. The standard InChI is InChI=1S/C20H29FN4O/c1-4-19-22-23-20(26-19)14-24-10-5-11-25(18(13-24)15(2)3)12-16-6-8-17(21)9-7-16/h6-9,15,18H,4-5,10-14H2,1-3H3/t18-/m1/s1. The van der Waals surface area contributed by atoms with Crippen molar-refractivity contribution >= 4 is 0 Å². The fraction of sp³-hybridized carbons (Fsp3) is 0.600. The van der Waals surface area contributed by atoms with Crippen molar-refractivity contribution in [1.29, 1.82) is 0 Å². The minimum atomic E-state index is -0.179. The molecule has 1 aliphatic heterocycles. The van der Waals surface area contributed by atoms with E-state index in [4.69, 9.17) is 4.42 Å². The summed E-state index contributed by atoms with van der Waals surface area (Å²) >= 11 is 0. The van der Waals surface area contributed by atoms with Gasteiger partial charge in [0.2, 0.25) is 11.8 Å². The lowest BCUT2D eigenvalue weighted by atomic mass is 10.0. The van der Waals surface area contributed by atoms with Crippen LogP contribution >= 0.6 is 0 Å². The molecule has 0 bridgehead atoms. The van der Waals surface area contributed by atoms with E-state index in [0.29, 0.717) is 30.3 Å². The Morgan fingerprint density at radius 2 is 1.85 bits per heavy atom. The first-order valence-electron chi connectivity index (χ1n) is 9.57. The molecule has 0 saturated carbocycles. The molecule has 142 valence electrons. The number of benzene rings is 1. The molecule has 2 aromatic rings. The lowest BCUT2D eigenvalue weighted by molar-refractivity contribution is 0.126. The molecular weight excluding hydrogens is 331 g/mol. The molecule has 1 aromatic carbocycles. The highest BCUT2D eigenvalue weighted by Gasteiger charge is 2.28. The van der Waals surface area contributed by atoms with E-state index < -0.39 is 0 Å². The molecule has 3 rings (SSSR count). The average molecular weight is 360 g/mol. The second kappa shape index (κ2) is 8.73. The maximum atomic E-state index is 13.2. The Bertz CT molecular complexity index is 685. The molecule has 0 unspecified atom stereocenters. The van der Waals surface area contributed by atoms with Crippen molar-refractivity contribution in [3.05, 3.63) is 47.4 Å². The van der Waals surface area contributed by atoms with Crippen LogP contribution in [0.3, 0.4) is 0 Å². The molecule has 2 heterocycles. The molecule has 0 aliphatic carbocycles. The van der Waals surface area contributed by atoms with Crippen LogP contribution in [0.15, 0.2) is 28.7 Å². The van der Waals surface area contributed by atoms with Gasteiger partial charge in [-0.3, -0.25) is 9.80 Å². The summed E-state index contributed by atoms with van der Waals surface area (Å²) in [6, 6.07) is 7.31. The Labute approximate surface area is 155 Å². The number of hydrogen-bond acceptors (Lipinski definition) is 5. The van der Waals surface area contributed by atoms with E-state index in [-0.39, 0.29) is 5.82 Å². The van der Waals surface area contributed by atoms with E-state index in [1.807, 2.05) is 19.1 Å². The molecule has 1 aliphatic rings. The maximum absolute atomic E-state index is 13.2. The Morgan fingerprint density at radius 3 is 2.50 bits per heavy atom. The smallest absolute Gasteiger partial charge is 0.230 e. The van der Waals surface area contributed by atoms with Crippen LogP contribution in [0.25, 0.3) is 0 Å². The van der Waals surface area contributed by atoms with Gasteiger partial charge >= 0.3 is 0 Å². The lowest BCUT2D eigenvalue weighted by Crippen LogP contribution is -2.43. The molecule has 1 saturated heterocycles. The highest BCUT2D eigenvalue weighted by atomic mass is 19.1. The molecule has 1 fully saturated rings. The van der Waals surface area contributed by atoms with Crippen LogP contribution in [0.2, 0.25) is 0 Å². The third-order valence-electron chi connectivity index (χ3n) is 5.07.